The molecule has 0 unspecified atom stereocenters. The molecule has 0 aliphatic heterocycles. The minimum absolute atomic E-state index is 0.533. The molecule has 0 N–H and O–H groups in total. The second-order valence-electron chi connectivity index (χ2n) is 13.9. The molecule has 0 atom stereocenters. The van der Waals surface area contributed by atoms with E-state index in [1.54, 1.807) is 0 Å². The molecule has 2 aromatic heterocycles. The van der Waals surface area contributed by atoms with Gasteiger partial charge in [0.2, 0.25) is 0 Å². The monoisotopic (exact) mass is 728 g/mol. The average Bonchev–Trinajstić information content (AvgIpc) is 3.68. The largest absolute Gasteiger partial charge is 0.456 e. The normalized spacial score (nSPS) is 11.1. The number of para-hydroxylation sites is 1. The van der Waals surface area contributed by atoms with Crippen molar-refractivity contribution in [3.8, 4) is 78.7 Å². The van der Waals surface area contributed by atoms with Gasteiger partial charge in [0.05, 0.1) is 6.57 Å². The number of hydrogen-bond donors (Lipinski definition) is 0. The lowest BCUT2D eigenvalue weighted by atomic mass is 9.96. The molecule has 0 spiro atoms. The second-order valence-corrected chi connectivity index (χ2v) is 13.9. The van der Waals surface area contributed by atoms with Crippen molar-refractivity contribution >= 4 is 27.6 Å². The predicted molar refractivity (Wildman–Crippen MR) is 231 cm³/mol. The molecule has 266 valence electrons. The summed E-state index contributed by atoms with van der Waals surface area (Å²) in [7, 11) is 0. The van der Waals surface area contributed by atoms with Crippen molar-refractivity contribution in [1.82, 2.24) is 15.0 Å². The van der Waals surface area contributed by atoms with E-state index in [9.17, 15) is 0 Å². The molecule has 0 bridgehead atoms. The van der Waals surface area contributed by atoms with Gasteiger partial charge < -0.3 is 4.42 Å². The molecule has 2 heterocycles. The van der Waals surface area contributed by atoms with Crippen LogP contribution in [0.2, 0.25) is 0 Å². The molecule has 0 fully saturated rings. The zero-order valence-electron chi connectivity index (χ0n) is 30.7. The fraction of sp³-hybridized carbons (Fsp3) is 0. The zero-order chi connectivity index (χ0) is 38.1. The van der Waals surface area contributed by atoms with Gasteiger partial charge in [0, 0.05) is 27.5 Å². The number of rotatable bonds is 7. The van der Waals surface area contributed by atoms with Crippen LogP contribution in [0.4, 0.5) is 5.69 Å². The molecule has 0 saturated heterocycles. The van der Waals surface area contributed by atoms with Crippen molar-refractivity contribution in [2.45, 2.75) is 0 Å². The molecule has 0 saturated carbocycles. The van der Waals surface area contributed by atoms with Gasteiger partial charge in [-0.2, -0.15) is 0 Å². The highest BCUT2D eigenvalue weighted by atomic mass is 16.3. The van der Waals surface area contributed by atoms with Gasteiger partial charge in [0.1, 0.15) is 11.2 Å². The van der Waals surface area contributed by atoms with Crippen LogP contribution in [0.5, 0.6) is 0 Å². The lowest BCUT2D eigenvalue weighted by Gasteiger charge is -2.11. The van der Waals surface area contributed by atoms with Gasteiger partial charge >= 0.3 is 0 Å². The van der Waals surface area contributed by atoms with Gasteiger partial charge in [0.15, 0.2) is 23.2 Å². The van der Waals surface area contributed by atoms with Gasteiger partial charge in [-0.25, -0.2) is 19.8 Å². The Morgan fingerprint density at radius 2 is 0.825 bits per heavy atom. The van der Waals surface area contributed by atoms with Crippen LogP contribution in [-0.2, 0) is 0 Å². The molecular weight excluding hydrogens is 697 g/mol. The van der Waals surface area contributed by atoms with Crippen LogP contribution in [0.3, 0.4) is 0 Å². The van der Waals surface area contributed by atoms with E-state index in [0.717, 1.165) is 72.0 Å². The third-order valence-corrected chi connectivity index (χ3v) is 10.4. The quantitative estimate of drug-likeness (QED) is 0.153. The fourth-order valence-electron chi connectivity index (χ4n) is 7.55. The van der Waals surface area contributed by atoms with E-state index in [2.05, 4.69) is 95.8 Å². The molecule has 8 aromatic carbocycles. The maximum atomic E-state index is 7.75. The van der Waals surface area contributed by atoms with Gasteiger partial charge in [-0.15, -0.1) is 0 Å². The Kier molecular flexibility index (Phi) is 8.48. The van der Waals surface area contributed by atoms with Crippen LogP contribution in [0.15, 0.2) is 199 Å². The highest BCUT2D eigenvalue weighted by Crippen LogP contribution is 2.39. The lowest BCUT2D eigenvalue weighted by molar-refractivity contribution is 0.669. The summed E-state index contributed by atoms with van der Waals surface area (Å²) in [5, 5.41) is 2.09. The highest BCUT2D eigenvalue weighted by molar-refractivity contribution is 6.13. The first-order chi connectivity index (χ1) is 28.2. The number of hydrogen-bond acceptors (Lipinski definition) is 4. The summed E-state index contributed by atoms with van der Waals surface area (Å²) in [5.74, 6) is 1.63. The Labute approximate surface area is 330 Å². The molecule has 0 aliphatic carbocycles. The molecule has 5 heteroatoms. The Hall–Kier alpha value is -7.94. The first-order valence-corrected chi connectivity index (χ1v) is 18.8. The minimum atomic E-state index is 0.533. The molecule has 0 amide bonds. The molecule has 5 nitrogen and oxygen atoms in total. The van der Waals surface area contributed by atoms with Crippen LogP contribution in [-0.4, -0.2) is 15.0 Å². The van der Waals surface area contributed by atoms with Gasteiger partial charge in [-0.05, 0) is 74.8 Å². The van der Waals surface area contributed by atoms with Crippen molar-refractivity contribution in [3.63, 3.8) is 0 Å². The maximum Gasteiger partial charge on any atom is 0.194 e. The summed E-state index contributed by atoms with van der Waals surface area (Å²) < 4.78 is 6.56. The molecule has 0 aliphatic rings. The Morgan fingerprint density at radius 3 is 1.51 bits per heavy atom. The number of fused-ring (bicyclic) bond motifs is 3. The first-order valence-electron chi connectivity index (χ1n) is 18.8. The van der Waals surface area contributed by atoms with E-state index in [1.165, 1.54) is 11.1 Å². The minimum Gasteiger partial charge on any atom is -0.456 e. The van der Waals surface area contributed by atoms with E-state index >= 15 is 0 Å². The summed E-state index contributed by atoms with van der Waals surface area (Å²) in [6.07, 6.45) is 0. The topological polar surface area (TPSA) is 56.2 Å². The van der Waals surface area contributed by atoms with Crippen molar-refractivity contribution in [2.24, 2.45) is 0 Å². The Morgan fingerprint density at radius 1 is 0.351 bits per heavy atom. The van der Waals surface area contributed by atoms with E-state index in [0.29, 0.717) is 23.2 Å². The van der Waals surface area contributed by atoms with Crippen LogP contribution in [0.25, 0.3) is 105 Å². The standard InChI is InChI=1S/C52H32N4O/c1-53-46-23-9-8-21-43(46)39-18-11-20-41(32-39)51-54-50(40-19-10-17-38(31-40)35-15-6-3-7-16-35)55-52(56-51)42-29-30-45-48(33-42)57-47-24-12-22-44(49(45)47)37-27-25-36(26-28-37)34-13-4-2-5-14-34/h2-33H. The number of nitrogens with zero attached hydrogens (tertiary/aromatic N) is 4. The van der Waals surface area contributed by atoms with Crippen molar-refractivity contribution in [2.75, 3.05) is 0 Å². The summed E-state index contributed by atoms with van der Waals surface area (Å²) in [6, 6.07) is 65.9. The fourth-order valence-corrected chi connectivity index (χ4v) is 7.55. The average molecular weight is 729 g/mol. The van der Waals surface area contributed by atoms with Crippen LogP contribution >= 0.6 is 0 Å². The van der Waals surface area contributed by atoms with E-state index in [1.807, 2.05) is 103 Å². The highest BCUT2D eigenvalue weighted by Gasteiger charge is 2.18. The van der Waals surface area contributed by atoms with Crippen LogP contribution in [0, 0.1) is 6.57 Å². The SMILES string of the molecule is [C-]#[N+]c1ccccc1-c1cccc(-c2nc(-c3cccc(-c4ccccc4)c3)nc(-c3ccc4c(c3)oc3cccc(-c5ccc(-c6ccccc6)cc5)c34)n2)c1. The van der Waals surface area contributed by atoms with Crippen molar-refractivity contribution in [1.29, 1.82) is 0 Å². The Bertz CT molecular complexity index is 3130. The number of aromatic nitrogens is 3. The third kappa shape index (κ3) is 6.42. The number of benzene rings is 8. The van der Waals surface area contributed by atoms with Gasteiger partial charge in [-0.1, -0.05) is 164 Å². The lowest BCUT2D eigenvalue weighted by Crippen LogP contribution is -2.00. The molecular formula is C52H32N4O. The number of furan rings is 1. The zero-order valence-corrected chi connectivity index (χ0v) is 30.7. The molecule has 57 heavy (non-hydrogen) atoms. The van der Waals surface area contributed by atoms with Crippen molar-refractivity contribution in [3.05, 3.63) is 206 Å². The van der Waals surface area contributed by atoms with E-state index in [4.69, 9.17) is 25.9 Å². The molecule has 10 rings (SSSR count). The van der Waals surface area contributed by atoms with Crippen molar-refractivity contribution < 1.29 is 4.42 Å². The van der Waals surface area contributed by atoms with E-state index in [-0.39, 0.29) is 0 Å². The maximum absolute atomic E-state index is 7.75. The summed E-state index contributed by atoms with van der Waals surface area (Å²) >= 11 is 0. The van der Waals surface area contributed by atoms with Crippen LogP contribution in [0.1, 0.15) is 0 Å². The summed E-state index contributed by atoms with van der Waals surface area (Å²) in [6.45, 7) is 7.75. The van der Waals surface area contributed by atoms with Gasteiger partial charge in [-0.3, -0.25) is 0 Å². The van der Waals surface area contributed by atoms with Gasteiger partial charge in [0.25, 0.3) is 0 Å². The molecule has 10 aromatic rings. The summed E-state index contributed by atoms with van der Waals surface area (Å²) in [5.41, 5.74) is 13.2. The Balaban J connectivity index is 1.10. The molecule has 0 radical (unpaired) electrons. The summed E-state index contributed by atoms with van der Waals surface area (Å²) in [4.78, 5) is 19.0. The predicted octanol–water partition coefficient (Wildman–Crippen LogP) is 14.0. The smallest absolute Gasteiger partial charge is 0.194 e. The van der Waals surface area contributed by atoms with Crippen LogP contribution < -0.4 is 0 Å². The van der Waals surface area contributed by atoms with E-state index < -0.39 is 0 Å². The third-order valence-electron chi connectivity index (χ3n) is 10.4. The second kappa shape index (κ2) is 14.4. The first kappa shape index (κ1) is 33.6.